The van der Waals surface area contributed by atoms with Gasteiger partial charge in [-0.15, -0.1) is 0 Å². The minimum atomic E-state index is -0.917. The van der Waals surface area contributed by atoms with Crippen LogP contribution in [0.15, 0.2) is 66.4 Å². The lowest BCUT2D eigenvalue weighted by Gasteiger charge is -2.35. The molecule has 5 nitrogen and oxygen atoms in total. The van der Waals surface area contributed by atoms with Crippen LogP contribution in [0.4, 0.5) is 4.79 Å². The number of benzene rings is 2. The normalized spacial score (nSPS) is 22.7. The summed E-state index contributed by atoms with van der Waals surface area (Å²) in [5.41, 5.74) is 2.28. The van der Waals surface area contributed by atoms with Crippen molar-refractivity contribution in [1.29, 1.82) is 0 Å². The zero-order valence-electron chi connectivity index (χ0n) is 15.2. The topological polar surface area (TPSA) is 61.8 Å². The van der Waals surface area contributed by atoms with Crippen LogP contribution in [0.5, 0.6) is 0 Å². The summed E-state index contributed by atoms with van der Waals surface area (Å²) in [4.78, 5) is 12.6. The Bertz CT molecular complexity index is 890. The van der Waals surface area contributed by atoms with E-state index in [1.165, 1.54) is 15.7 Å². The fourth-order valence-corrected chi connectivity index (χ4v) is 3.91. The molecule has 0 aromatic heterocycles. The van der Waals surface area contributed by atoms with Crippen LogP contribution in [-0.2, 0) is 11.3 Å². The van der Waals surface area contributed by atoms with Gasteiger partial charge in [0, 0.05) is 18.7 Å². The number of piperidine rings is 1. The van der Waals surface area contributed by atoms with Crippen molar-refractivity contribution < 1.29 is 14.6 Å². The number of fused-ring (bicyclic) bond motifs is 1. The van der Waals surface area contributed by atoms with E-state index in [9.17, 15) is 9.90 Å². The van der Waals surface area contributed by atoms with Gasteiger partial charge in [0.1, 0.15) is 0 Å². The molecule has 0 spiro atoms. The van der Waals surface area contributed by atoms with Gasteiger partial charge in [0.2, 0.25) is 0 Å². The molecule has 1 fully saturated rings. The molecule has 5 heteroatoms. The zero-order chi connectivity index (χ0) is 18.6. The quantitative estimate of drug-likeness (QED) is 0.867. The van der Waals surface area contributed by atoms with Crippen molar-refractivity contribution in [2.45, 2.75) is 19.1 Å². The maximum atomic E-state index is 11.3. The van der Waals surface area contributed by atoms with Crippen LogP contribution in [0.2, 0.25) is 0 Å². The summed E-state index contributed by atoms with van der Waals surface area (Å²) in [7, 11) is 0. The summed E-state index contributed by atoms with van der Waals surface area (Å²) in [5, 5.41) is 15.1. The van der Waals surface area contributed by atoms with Crippen molar-refractivity contribution >= 4 is 16.9 Å². The molecular weight excluding hydrogens is 340 g/mol. The third kappa shape index (κ3) is 4.04. The molecule has 2 atom stereocenters. The first-order valence-corrected chi connectivity index (χ1v) is 9.37. The molecule has 2 aliphatic heterocycles. The lowest BCUT2D eigenvalue weighted by Crippen LogP contribution is -2.44. The number of allylic oxidation sites excluding steroid dienone is 2. The van der Waals surface area contributed by atoms with E-state index in [-0.39, 0.29) is 12.0 Å². The number of rotatable bonds is 4. The van der Waals surface area contributed by atoms with Crippen molar-refractivity contribution in [3.8, 4) is 0 Å². The minimum absolute atomic E-state index is 0.0404. The molecule has 0 saturated carbocycles. The standard InChI is InChI=1S/C22H24N2O3/c25-22(26)24-11-3-6-19(14-24)20-9-10-23-13-21(20)27-15-16-7-8-17-4-1-2-5-18(17)12-16/h1-8,11-12,20-21,23H,9-10,13-15H2,(H,25,26). The number of nitrogens with zero attached hydrogens (tertiary/aromatic N) is 1. The fraction of sp³-hybridized carbons (Fsp3) is 0.318. The third-order valence-corrected chi connectivity index (χ3v) is 5.36. The zero-order valence-corrected chi connectivity index (χ0v) is 15.2. The number of carboxylic acid groups (broad SMARTS) is 1. The van der Waals surface area contributed by atoms with E-state index in [4.69, 9.17) is 4.74 Å². The maximum Gasteiger partial charge on any atom is 0.411 e. The second-order valence-corrected chi connectivity index (χ2v) is 7.12. The minimum Gasteiger partial charge on any atom is -0.465 e. The summed E-state index contributed by atoms with van der Waals surface area (Å²) in [6.45, 7) is 2.69. The average Bonchev–Trinajstić information content (AvgIpc) is 2.72. The summed E-state index contributed by atoms with van der Waals surface area (Å²) in [6, 6.07) is 14.7. The van der Waals surface area contributed by atoms with Crippen molar-refractivity contribution in [2.75, 3.05) is 19.6 Å². The van der Waals surface area contributed by atoms with Crippen LogP contribution < -0.4 is 5.32 Å². The lowest BCUT2D eigenvalue weighted by molar-refractivity contribution is -0.00278. The Hall–Kier alpha value is -2.63. The number of nitrogens with one attached hydrogen (secondary N) is 1. The van der Waals surface area contributed by atoms with Crippen LogP contribution in [0.1, 0.15) is 12.0 Å². The molecule has 0 aliphatic carbocycles. The van der Waals surface area contributed by atoms with Gasteiger partial charge < -0.3 is 15.2 Å². The number of ether oxygens (including phenoxy) is 1. The van der Waals surface area contributed by atoms with Gasteiger partial charge in [0.05, 0.1) is 19.3 Å². The number of carbonyl (C=O) groups is 1. The van der Waals surface area contributed by atoms with Gasteiger partial charge in [-0.3, -0.25) is 4.90 Å². The maximum absolute atomic E-state index is 11.3. The molecule has 2 heterocycles. The lowest BCUT2D eigenvalue weighted by atomic mass is 9.86. The van der Waals surface area contributed by atoms with Crippen LogP contribution in [-0.4, -0.2) is 41.8 Å². The van der Waals surface area contributed by atoms with Crippen molar-refractivity contribution in [3.05, 3.63) is 72.0 Å². The Kier molecular flexibility index (Phi) is 5.23. The van der Waals surface area contributed by atoms with Crippen molar-refractivity contribution in [3.63, 3.8) is 0 Å². The van der Waals surface area contributed by atoms with E-state index in [1.807, 2.05) is 24.3 Å². The molecule has 2 unspecified atom stereocenters. The van der Waals surface area contributed by atoms with Gasteiger partial charge in [-0.1, -0.05) is 42.5 Å². The molecule has 2 aliphatic rings. The Morgan fingerprint density at radius 1 is 1.22 bits per heavy atom. The van der Waals surface area contributed by atoms with Crippen molar-refractivity contribution in [2.24, 2.45) is 5.92 Å². The molecule has 27 heavy (non-hydrogen) atoms. The number of hydrogen-bond acceptors (Lipinski definition) is 3. The van der Waals surface area contributed by atoms with Crippen LogP contribution in [0.25, 0.3) is 10.8 Å². The first-order valence-electron chi connectivity index (χ1n) is 9.37. The molecular formula is C22H24N2O3. The highest BCUT2D eigenvalue weighted by Crippen LogP contribution is 2.28. The Balaban J connectivity index is 1.45. The number of amides is 1. The number of hydrogen-bond donors (Lipinski definition) is 2. The molecule has 2 aromatic carbocycles. The monoisotopic (exact) mass is 364 g/mol. The Morgan fingerprint density at radius 2 is 2.07 bits per heavy atom. The summed E-state index contributed by atoms with van der Waals surface area (Å²) >= 11 is 0. The summed E-state index contributed by atoms with van der Waals surface area (Å²) in [6.07, 6.45) is 5.54. The van der Waals surface area contributed by atoms with Gasteiger partial charge in [-0.2, -0.15) is 0 Å². The smallest absolute Gasteiger partial charge is 0.411 e. The van der Waals surface area contributed by atoms with E-state index in [0.717, 1.165) is 30.6 Å². The summed E-state index contributed by atoms with van der Waals surface area (Å²) in [5.74, 6) is 0.235. The molecule has 2 N–H and O–H groups in total. The van der Waals surface area contributed by atoms with E-state index in [0.29, 0.717) is 13.2 Å². The molecule has 4 rings (SSSR count). The first kappa shape index (κ1) is 17.8. The second-order valence-electron chi connectivity index (χ2n) is 7.12. The molecule has 0 bridgehead atoms. The van der Waals surface area contributed by atoms with Gasteiger partial charge in [0.25, 0.3) is 0 Å². The van der Waals surface area contributed by atoms with Crippen LogP contribution >= 0.6 is 0 Å². The largest absolute Gasteiger partial charge is 0.465 e. The van der Waals surface area contributed by atoms with E-state index < -0.39 is 6.09 Å². The second kappa shape index (κ2) is 7.94. The predicted octanol–water partition coefficient (Wildman–Crippen LogP) is 3.77. The van der Waals surface area contributed by atoms with Crippen molar-refractivity contribution in [1.82, 2.24) is 10.2 Å². The molecule has 1 amide bonds. The third-order valence-electron chi connectivity index (χ3n) is 5.36. The van der Waals surface area contributed by atoms with Crippen LogP contribution in [0.3, 0.4) is 0 Å². The average molecular weight is 364 g/mol. The van der Waals surface area contributed by atoms with Gasteiger partial charge in [-0.05, 0) is 47.0 Å². The summed E-state index contributed by atoms with van der Waals surface area (Å²) < 4.78 is 6.29. The van der Waals surface area contributed by atoms with Gasteiger partial charge >= 0.3 is 6.09 Å². The SMILES string of the molecule is O=C(O)N1C=CC=C(C2CCNCC2OCc2ccc3ccccc3c2)C1. The fourth-order valence-electron chi connectivity index (χ4n) is 3.91. The van der Waals surface area contributed by atoms with Crippen LogP contribution in [0, 0.1) is 5.92 Å². The Morgan fingerprint density at radius 3 is 2.93 bits per heavy atom. The first-order chi connectivity index (χ1) is 13.2. The van der Waals surface area contributed by atoms with E-state index >= 15 is 0 Å². The van der Waals surface area contributed by atoms with Gasteiger partial charge in [0.15, 0.2) is 0 Å². The highest BCUT2D eigenvalue weighted by atomic mass is 16.5. The molecule has 2 aromatic rings. The predicted molar refractivity (Wildman–Crippen MR) is 105 cm³/mol. The van der Waals surface area contributed by atoms with E-state index in [1.54, 1.807) is 6.20 Å². The van der Waals surface area contributed by atoms with Gasteiger partial charge in [-0.25, -0.2) is 4.79 Å². The Labute approximate surface area is 158 Å². The molecule has 140 valence electrons. The highest BCUT2D eigenvalue weighted by molar-refractivity contribution is 5.82. The molecule has 1 saturated heterocycles. The molecule has 0 radical (unpaired) electrons. The van der Waals surface area contributed by atoms with E-state index in [2.05, 4.69) is 35.6 Å². The highest BCUT2D eigenvalue weighted by Gasteiger charge is 2.30.